The van der Waals surface area contributed by atoms with Crippen molar-refractivity contribution in [3.05, 3.63) is 30.3 Å². The van der Waals surface area contributed by atoms with Crippen LogP contribution in [0.25, 0.3) is 0 Å². The average Bonchev–Trinajstić information content (AvgIpc) is 3.03. The Hall–Kier alpha value is -2.04. The molecule has 0 spiro atoms. The van der Waals surface area contributed by atoms with Crippen LogP contribution in [0.4, 0.5) is 0 Å². The van der Waals surface area contributed by atoms with Gasteiger partial charge in [0.1, 0.15) is 11.9 Å². The fraction of sp³-hybridized carbons (Fsp3) is 0.556. The van der Waals surface area contributed by atoms with Crippen LogP contribution < -0.4 is 4.74 Å². The van der Waals surface area contributed by atoms with E-state index in [4.69, 9.17) is 4.74 Å². The second-order valence-electron chi connectivity index (χ2n) is 6.41. The number of benzene rings is 1. The van der Waals surface area contributed by atoms with Crippen molar-refractivity contribution >= 4 is 11.8 Å². The van der Waals surface area contributed by atoms with E-state index in [1.807, 2.05) is 40.1 Å². The second kappa shape index (κ2) is 7.02. The highest BCUT2D eigenvalue weighted by Crippen LogP contribution is 2.24. The lowest BCUT2D eigenvalue weighted by Crippen LogP contribution is -2.43. The summed E-state index contributed by atoms with van der Waals surface area (Å²) in [4.78, 5) is 27.8. The maximum absolute atomic E-state index is 12.6. The number of hydrogen-bond donors (Lipinski definition) is 0. The van der Waals surface area contributed by atoms with Gasteiger partial charge in [0.15, 0.2) is 0 Å². The van der Waals surface area contributed by atoms with Crippen LogP contribution in [0, 0.1) is 5.92 Å². The minimum absolute atomic E-state index is 0.0566. The summed E-state index contributed by atoms with van der Waals surface area (Å²) in [5.41, 5.74) is 0. The third-order valence-electron chi connectivity index (χ3n) is 4.79. The molecule has 5 heteroatoms. The second-order valence-corrected chi connectivity index (χ2v) is 6.41. The van der Waals surface area contributed by atoms with Crippen LogP contribution in [-0.4, -0.2) is 53.9 Å². The van der Waals surface area contributed by atoms with E-state index in [1.165, 1.54) is 0 Å². The van der Waals surface area contributed by atoms with Crippen LogP contribution in [-0.2, 0) is 9.59 Å². The van der Waals surface area contributed by atoms with Crippen molar-refractivity contribution in [3.63, 3.8) is 0 Å². The number of carbonyl (C=O) groups excluding carboxylic acids is 2. The van der Waals surface area contributed by atoms with Crippen LogP contribution in [0.2, 0.25) is 0 Å². The highest BCUT2D eigenvalue weighted by Gasteiger charge is 2.33. The number of ether oxygens (including phenoxy) is 1. The Morgan fingerprint density at radius 3 is 2.30 bits per heavy atom. The van der Waals surface area contributed by atoms with Gasteiger partial charge in [0, 0.05) is 38.9 Å². The summed E-state index contributed by atoms with van der Waals surface area (Å²) in [5, 5.41) is 0. The van der Waals surface area contributed by atoms with E-state index in [0.717, 1.165) is 31.6 Å². The molecule has 0 bridgehead atoms. The molecule has 0 N–H and O–H groups in total. The van der Waals surface area contributed by atoms with E-state index in [9.17, 15) is 9.59 Å². The monoisotopic (exact) mass is 316 g/mol. The number of likely N-dealkylation sites (tertiary alicyclic amines) is 2. The number of hydrogen-bond acceptors (Lipinski definition) is 3. The van der Waals surface area contributed by atoms with Crippen LogP contribution >= 0.6 is 0 Å². The van der Waals surface area contributed by atoms with Gasteiger partial charge < -0.3 is 14.5 Å². The van der Waals surface area contributed by atoms with Crippen molar-refractivity contribution in [3.8, 4) is 5.75 Å². The molecular formula is C18H24N2O3. The summed E-state index contributed by atoms with van der Waals surface area (Å²) in [7, 11) is 0. The molecule has 0 saturated carbocycles. The van der Waals surface area contributed by atoms with Crippen LogP contribution in [0.3, 0.4) is 0 Å². The molecule has 1 aromatic rings. The molecule has 3 rings (SSSR count). The molecule has 2 heterocycles. The zero-order valence-corrected chi connectivity index (χ0v) is 13.6. The lowest BCUT2D eigenvalue weighted by Gasteiger charge is -2.32. The van der Waals surface area contributed by atoms with Crippen LogP contribution in [0.15, 0.2) is 30.3 Å². The minimum atomic E-state index is 0.0566. The Bertz CT molecular complexity index is 553. The zero-order valence-electron chi connectivity index (χ0n) is 13.6. The Morgan fingerprint density at radius 1 is 1.00 bits per heavy atom. The first kappa shape index (κ1) is 15.8. The molecule has 23 heavy (non-hydrogen) atoms. The first-order chi connectivity index (χ1) is 11.1. The smallest absolute Gasteiger partial charge is 0.225 e. The summed E-state index contributed by atoms with van der Waals surface area (Å²) in [6, 6.07) is 9.76. The van der Waals surface area contributed by atoms with Gasteiger partial charge in [-0.05, 0) is 25.0 Å². The molecule has 1 aromatic carbocycles. The van der Waals surface area contributed by atoms with Crippen molar-refractivity contribution in [1.29, 1.82) is 0 Å². The fourth-order valence-electron chi connectivity index (χ4n) is 3.42. The molecular weight excluding hydrogens is 292 g/mol. The van der Waals surface area contributed by atoms with Gasteiger partial charge in [-0.1, -0.05) is 18.2 Å². The number of carbonyl (C=O) groups is 2. The number of rotatable bonds is 3. The Morgan fingerprint density at radius 2 is 1.65 bits per heavy atom. The van der Waals surface area contributed by atoms with Gasteiger partial charge in [-0.15, -0.1) is 0 Å². The standard InChI is InChI=1S/C18H24N2O3/c1-14(21)19-10-7-15(8-11-19)18(22)20-12-9-17(13-20)23-16-5-3-2-4-6-16/h2-6,15,17H,7-13H2,1H3. The number of para-hydroxylation sites is 1. The van der Waals surface area contributed by atoms with E-state index >= 15 is 0 Å². The van der Waals surface area contributed by atoms with Gasteiger partial charge >= 0.3 is 0 Å². The van der Waals surface area contributed by atoms with Gasteiger partial charge in [0.2, 0.25) is 11.8 Å². The van der Waals surface area contributed by atoms with E-state index in [-0.39, 0.29) is 23.8 Å². The number of piperidine rings is 1. The molecule has 2 aliphatic rings. The van der Waals surface area contributed by atoms with Gasteiger partial charge in [0.05, 0.1) is 6.54 Å². The first-order valence-corrected chi connectivity index (χ1v) is 8.39. The Balaban J connectivity index is 1.49. The lowest BCUT2D eigenvalue weighted by atomic mass is 9.95. The highest BCUT2D eigenvalue weighted by molar-refractivity contribution is 5.80. The topological polar surface area (TPSA) is 49.9 Å². The van der Waals surface area contributed by atoms with E-state index in [0.29, 0.717) is 19.6 Å². The van der Waals surface area contributed by atoms with Crippen molar-refractivity contribution in [2.24, 2.45) is 5.92 Å². The molecule has 2 saturated heterocycles. The van der Waals surface area contributed by atoms with Gasteiger partial charge in [-0.2, -0.15) is 0 Å². The van der Waals surface area contributed by atoms with Crippen molar-refractivity contribution in [1.82, 2.24) is 9.80 Å². The van der Waals surface area contributed by atoms with Gasteiger partial charge in [-0.25, -0.2) is 0 Å². The molecule has 0 aliphatic carbocycles. The predicted molar refractivity (Wildman–Crippen MR) is 87.0 cm³/mol. The predicted octanol–water partition coefficient (Wildman–Crippen LogP) is 1.92. The highest BCUT2D eigenvalue weighted by atomic mass is 16.5. The molecule has 0 radical (unpaired) electrons. The molecule has 0 aromatic heterocycles. The third-order valence-corrected chi connectivity index (χ3v) is 4.79. The largest absolute Gasteiger partial charge is 0.489 e. The van der Waals surface area contributed by atoms with Crippen molar-refractivity contribution in [2.75, 3.05) is 26.2 Å². The fourth-order valence-corrected chi connectivity index (χ4v) is 3.42. The normalized spacial score (nSPS) is 22.2. The lowest BCUT2D eigenvalue weighted by molar-refractivity contribution is -0.139. The SMILES string of the molecule is CC(=O)N1CCC(C(=O)N2CCC(Oc3ccccc3)C2)CC1. The van der Waals surface area contributed by atoms with E-state index in [2.05, 4.69) is 0 Å². The van der Waals surface area contributed by atoms with E-state index < -0.39 is 0 Å². The molecule has 2 aliphatic heterocycles. The maximum atomic E-state index is 12.6. The first-order valence-electron chi connectivity index (χ1n) is 8.39. The molecule has 124 valence electrons. The summed E-state index contributed by atoms with van der Waals surface area (Å²) in [5.74, 6) is 1.25. The Labute approximate surface area is 137 Å². The number of amides is 2. The third kappa shape index (κ3) is 3.84. The van der Waals surface area contributed by atoms with Gasteiger partial charge in [-0.3, -0.25) is 9.59 Å². The summed E-state index contributed by atoms with van der Waals surface area (Å²) >= 11 is 0. The quantitative estimate of drug-likeness (QED) is 0.856. The summed E-state index contributed by atoms with van der Waals surface area (Å²) in [6.45, 7) is 4.42. The zero-order chi connectivity index (χ0) is 16.2. The van der Waals surface area contributed by atoms with E-state index in [1.54, 1.807) is 6.92 Å². The van der Waals surface area contributed by atoms with Crippen molar-refractivity contribution in [2.45, 2.75) is 32.3 Å². The summed E-state index contributed by atoms with van der Waals surface area (Å²) < 4.78 is 5.94. The van der Waals surface area contributed by atoms with Crippen LogP contribution in [0.1, 0.15) is 26.2 Å². The molecule has 1 atom stereocenters. The Kier molecular flexibility index (Phi) is 4.84. The molecule has 1 unspecified atom stereocenters. The molecule has 5 nitrogen and oxygen atoms in total. The minimum Gasteiger partial charge on any atom is -0.489 e. The number of nitrogens with zero attached hydrogens (tertiary/aromatic N) is 2. The van der Waals surface area contributed by atoms with Gasteiger partial charge in [0.25, 0.3) is 0 Å². The average molecular weight is 316 g/mol. The maximum Gasteiger partial charge on any atom is 0.225 e. The van der Waals surface area contributed by atoms with Crippen LogP contribution in [0.5, 0.6) is 5.75 Å². The van der Waals surface area contributed by atoms with Crippen molar-refractivity contribution < 1.29 is 14.3 Å². The molecule has 2 amide bonds. The molecule has 2 fully saturated rings. The summed E-state index contributed by atoms with van der Waals surface area (Å²) in [6.07, 6.45) is 2.52.